The van der Waals surface area contributed by atoms with Crippen molar-refractivity contribution in [3.63, 3.8) is 0 Å². The van der Waals surface area contributed by atoms with Crippen molar-refractivity contribution in [2.75, 3.05) is 13.1 Å². The van der Waals surface area contributed by atoms with Gasteiger partial charge in [0.05, 0.1) is 23.5 Å². The summed E-state index contributed by atoms with van der Waals surface area (Å²) in [7, 11) is 0. The molecule has 0 aliphatic carbocycles. The van der Waals surface area contributed by atoms with Crippen LogP contribution in [0.4, 0.5) is 0 Å². The highest BCUT2D eigenvalue weighted by Gasteiger charge is 2.22. The molecule has 1 saturated heterocycles. The maximum absolute atomic E-state index is 11.3. The molecule has 1 aromatic heterocycles. The third-order valence-electron chi connectivity index (χ3n) is 7.22. The summed E-state index contributed by atoms with van der Waals surface area (Å²) in [5.41, 5.74) is 5.41. The first-order valence-electron chi connectivity index (χ1n) is 13.4. The summed E-state index contributed by atoms with van der Waals surface area (Å²) in [5, 5.41) is 18.5. The Morgan fingerprint density at radius 1 is 1.14 bits per heavy atom. The Hall–Kier alpha value is -3.30. The number of fused-ring (bicyclic) bond motifs is 1. The maximum atomic E-state index is 11.3. The van der Waals surface area contributed by atoms with E-state index in [0.29, 0.717) is 5.92 Å². The number of carboxylic acid groups (broad SMARTS) is 1. The number of rotatable bonds is 10. The van der Waals surface area contributed by atoms with E-state index in [4.69, 9.17) is 9.84 Å². The lowest BCUT2D eigenvalue weighted by Gasteiger charge is -2.26. The lowest BCUT2D eigenvalue weighted by molar-refractivity contribution is -0.137. The van der Waals surface area contributed by atoms with Crippen LogP contribution in [-0.2, 0) is 11.3 Å². The average Bonchev–Trinajstić information content (AvgIpc) is 3.28. The molecule has 6 heteroatoms. The number of hydrogen-bond donors (Lipinski definition) is 2. The number of nitrogens with zero attached hydrogens (tertiary/aromatic N) is 2. The van der Waals surface area contributed by atoms with E-state index < -0.39 is 5.97 Å². The molecule has 2 atom stereocenters. The standard InChI is InChI=1S/C31H39N3O3/c1-5-9-24(19-30(35)36)23-10-12-25(13-11-23)37-29(18-21(2)3)26-14-15-27-28(32-33-31(27)22(26)4)20-34-16-7-6-8-17-34/h10-15,21,24,29H,6-8,16-20H2,1-4H3,(H,32,33)(H,35,36). The van der Waals surface area contributed by atoms with E-state index in [2.05, 4.69) is 54.7 Å². The smallest absolute Gasteiger partial charge is 0.304 e. The number of aliphatic carboxylic acids is 1. The highest BCUT2D eigenvalue weighted by Crippen LogP contribution is 2.34. The molecule has 1 aliphatic rings. The second kappa shape index (κ2) is 12.3. The van der Waals surface area contributed by atoms with E-state index in [0.717, 1.165) is 54.0 Å². The molecule has 0 amide bonds. The quantitative estimate of drug-likeness (QED) is 0.306. The van der Waals surface area contributed by atoms with Crippen molar-refractivity contribution in [3.05, 3.63) is 58.8 Å². The molecular weight excluding hydrogens is 462 g/mol. The van der Waals surface area contributed by atoms with Crippen LogP contribution in [0.15, 0.2) is 36.4 Å². The van der Waals surface area contributed by atoms with Gasteiger partial charge in [-0.15, -0.1) is 5.92 Å². The number of carboxylic acids is 1. The minimum absolute atomic E-state index is 0.0142. The van der Waals surface area contributed by atoms with Crippen molar-refractivity contribution in [1.82, 2.24) is 15.1 Å². The van der Waals surface area contributed by atoms with Gasteiger partial charge in [0.15, 0.2) is 0 Å². The number of aromatic nitrogens is 2. The lowest BCUT2D eigenvalue weighted by atomic mass is 9.94. The zero-order valence-corrected chi connectivity index (χ0v) is 22.5. The summed E-state index contributed by atoms with van der Waals surface area (Å²) in [5.74, 6) is 5.90. The summed E-state index contributed by atoms with van der Waals surface area (Å²) in [6.45, 7) is 11.5. The molecule has 1 aliphatic heterocycles. The van der Waals surface area contributed by atoms with Gasteiger partial charge in [-0.25, -0.2) is 0 Å². The normalized spacial score (nSPS) is 15.8. The monoisotopic (exact) mass is 501 g/mol. The van der Waals surface area contributed by atoms with Crippen LogP contribution < -0.4 is 4.74 Å². The van der Waals surface area contributed by atoms with Gasteiger partial charge in [0.25, 0.3) is 0 Å². The number of aromatic amines is 1. The van der Waals surface area contributed by atoms with E-state index >= 15 is 0 Å². The van der Waals surface area contributed by atoms with Crippen LogP contribution in [0.1, 0.15) is 87.3 Å². The van der Waals surface area contributed by atoms with Crippen molar-refractivity contribution >= 4 is 16.9 Å². The number of benzene rings is 2. The van der Waals surface area contributed by atoms with Gasteiger partial charge in [-0.05, 0) is 80.9 Å². The molecule has 2 N–H and O–H groups in total. The Kier molecular flexibility index (Phi) is 8.89. The molecule has 0 saturated carbocycles. The summed E-state index contributed by atoms with van der Waals surface area (Å²) < 4.78 is 6.55. The second-order valence-electron chi connectivity index (χ2n) is 10.6. The molecule has 0 spiro atoms. The SMILES string of the molecule is CC#CC(CC(=O)O)c1ccc(OC(CC(C)C)c2ccc3c(CN4CCCCC4)[nH]nc3c2C)cc1. The average molecular weight is 502 g/mol. The van der Waals surface area contributed by atoms with E-state index in [1.807, 2.05) is 24.3 Å². The van der Waals surface area contributed by atoms with E-state index in [1.54, 1.807) is 6.92 Å². The number of aryl methyl sites for hydroxylation is 1. The van der Waals surface area contributed by atoms with Crippen LogP contribution in [-0.4, -0.2) is 39.3 Å². The number of nitrogens with one attached hydrogen (secondary N) is 1. The van der Waals surface area contributed by atoms with Crippen LogP contribution in [0.25, 0.3) is 10.9 Å². The van der Waals surface area contributed by atoms with Gasteiger partial charge in [-0.1, -0.05) is 50.5 Å². The summed E-state index contributed by atoms with van der Waals surface area (Å²) in [4.78, 5) is 13.8. The Labute approximate surface area is 220 Å². The molecule has 3 aromatic rings. The maximum Gasteiger partial charge on any atom is 0.304 e. The molecule has 0 radical (unpaired) electrons. The first kappa shape index (κ1) is 26.8. The molecule has 196 valence electrons. The highest BCUT2D eigenvalue weighted by molar-refractivity contribution is 5.85. The first-order valence-corrected chi connectivity index (χ1v) is 13.4. The molecule has 1 fully saturated rings. The number of hydrogen-bond acceptors (Lipinski definition) is 4. The van der Waals surface area contributed by atoms with Gasteiger partial charge in [0.2, 0.25) is 0 Å². The minimum Gasteiger partial charge on any atom is -0.486 e. The zero-order valence-electron chi connectivity index (χ0n) is 22.5. The van der Waals surface area contributed by atoms with Gasteiger partial charge < -0.3 is 9.84 Å². The van der Waals surface area contributed by atoms with Crippen molar-refractivity contribution in [3.8, 4) is 17.6 Å². The Morgan fingerprint density at radius 3 is 2.51 bits per heavy atom. The van der Waals surface area contributed by atoms with E-state index in [9.17, 15) is 9.90 Å². The topological polar surface area (TPSA) is 78.5 Å². The van der Waals surface area contributed by atoms with Gasteiger partial charge in [-0.3, -0.25) is 14.8 Å². The predicted octanol–water partition coefficient (Wildman–Crippen LogP) is 6.61. The Morgan fingerprint density at radius 2 is 1.86 bits per heavy atom. The van der Waals surface area contributed by atoms with Crippen molar-refractivity contribution in [1.29, 1.82) is 0 Å². The highest BCUT2D eigenvalue weighted by atomic mass is 16.5. The van der Waals surface area contributed by atoms with E-state index in [-0.39, 0.29) is 18.4 Å². The summed E-state index contributed by atoms with van der Waals surface area (Å²) >= 11 is 0. The number of carbonyl (C=O) groups is 1. The lowest BCUT2D eigenvalue weighted by Crippen LogP contribution is -2.29. The van der Waals surface area contributed by atoms with Crippen LogP contribution in [0.5, 0.6) is 5.75 Å². The third kappa shape index (κ3) is 6.72. The van der Waals surface area contributed by atoms with Crippen molar-refractivity contribution in [2.24, 2.45) is 5.92 Å². The van der Waals surface area contributed by atoms with Gasteiger partial charge >= 0.3 is 5.97 Å². The van der Waals surface area contributed by atoms with Crippen molar-refractivity contribution in [2.45, 2.75) is 78.4 Å². The third-order valence-corrected chi connectivity index (χ3v) is 7.22. The van der Waals surface area contributed by atoms with Gasteiger partial charge in [-0.2, -0.15) is 5.10 Å². The molecule has 2 heterocycles. The predicted molar refractivity (Wildman–Crippen MR) is 148 cm³/mol. The largest absolute Gasteiger partial charge is 0.486 e. The Bertz CT molecular complexity index is 1260. The molecule has 4 rings (SSSR count). The van der Waals surface area contributed by atoms with Gasteiger partial charge in [0.1, 0.15) is 11.9 Å². The fourth-order valence-electron chi connectivity index (χ4n) is 5.31. The number of piperidine rings is 1. The van der Waals surface area contributed by atoms with E-state index in [1.165, 1.54) is 30.3 Å². The van der Waals surface area contributed by atoms with Crippen LogP contribution in [0.3, 0.4) is 0 Å². The zero-order chi connectivity index (χ0) is 26.4. The fraction of sp³-hybridized carbons (Fsp3) is 0.484. The Balaban J connectivity index is 1.56. The molecule has 0 bridgehead atoms. The molecule has 37 heavy (non-hydrogen) atoms. The summed E-state index contributed by atoms with van der Waals surface area (Å²) in [6, 6.07) is 12.1. The minimum atomic E-state index is -0.853. The number of ether oxygens (including phenoxy) is 1. The number of likely N-dealkylation sites (tertiary alicyclic amines) is 1. The fourth-order valence-corrected chi connectivity index (χ4v) is 5.31. The first-order chi connectivity index (χ1) is 17.9. The van der Waals surface area contributed by atoms with Crippen LogP contribution in [0, 0.1) is 24.7 Å². The van der Waals surface area contributed by atoms with Crippen LogP contribution >= 0.6 is 0 Å². The number of H-pyrrole nitrogens is 1. The second-order valence-corrected chi connectivity index (χ2v) is 10.6. The molecule has 2 unspecified atom stereocenters. The summed E-state index contributed by atoms with van der Waals surface area (Å²) in [6.07, 6.45) is 4.63. The molecule has 6 nitrogen and oxygen atoms in total. The molecular formula is C31H39N3O3. The van der Waals surface area contributed by atoms with Crippen LogP contribution in [0.2, 0.25) is 0 Å². The van der Waals surface area contributed by atoms with Gasteiger partial charge in [0, 0.05) is 11.9 Å². The van der Waals surface area contributed by atoms with Crippen molar-refractivity contribution < 1.29 is 14.6 Å². The molecule has 2 aromatic carbocycles.